The summed E-state index contributed by atoms with van der Waals surface area (Å²) in [6.07, 6.45) is 1.82. The number of ether oxygens (including phenoxy) is 2. The van der Waals surface area contributed by atoms with Crippen molar-refractivity contribution >= 4 is 17.5 Å². The molecule has 0 aliphatic carbocycles. The molecule has 3 rings (SSSR count). The Balaban J connectivity index is 1.78. The smallest absolute Gasteiger partial charge is 0.265 e. The van der Waals surface area contributed by atoms with Crippen molar-refractivity contribution in [1.29, 1.82) is 0 Å². The van der Waals surface area contributed by atoms with Crippen LogP contribution >= 0.6 is 0 Å². The van der Waals surface area contributed by atoms with Gasteiger partial charge in [0, 0.05) is 12.3 Å². The maximum absolute atomic E-state index is 11.8. The first kappa shape index (κ1) is 16.0. The Kier molecular flexibility index (Phi) is 4.50. The number of nitrogens with zero attached hydrogens (tertiary/aromatic N) is 2. The third-order valence-electron chi connectivity index (χ3n) is 3.88. The van der Waals surface area contributed by atoms with Crippen molar-refractivity contribution in [2.45, 2.75) is 32.4 Å². The van der Waals surface area contributed by atoms with Crippen LogP contribution in [0.2, 0.25) is 0 Å². The number of benzene rings is 1. The summed E-state index contributed by atoms with van der Waals surface area (Å²) in [7, 11) is 1.56. The van der Waals surface area contributed by atoms with Gasteiger partial charge in [-0.3, -0.25) is 4.79 Å². The zero-order valence-corrected chi connectivity index (χ0v) is 13.9. The summed E-state index contributed by atoms with van der Waals surface area (Å²) in [6, 6.07) is 7.36. The quantitative estimate of drug-likeness (QED) is 0.878. The highest BCUT2D eigenvalue weighted by Gasteiger charge is 2.26. The average molecular weight is 328 g/mol. The molecule has 7 heteroatoms. The van der Waals surface area contributed by atoms with Crippen molar-refractivity contribution in [1.82, 2.24) is 9.97 Å². The maximum atomic E-state index is 11.8. The second-order valence-electron chi connectivity index (χ2n) is 5.55. The van der Waals surface area contributed by atoms with E-state index in [0.29, 0.717) is 29.7 Å². The molecule has 0 spiro atoms. The van der Waals surface area contributed by atoms with Gasteiger partial charge in [0.05, 0.1) is 18.8 Å². The van der Waals surface area contributed by atoms with Crippen LogP contribution in [0, 0.1) is 0 Å². The molecule has 7 nitrogen and oxygen atoms in total. The Hall–Kier alpha value is -2.83. The van der Waals surface area contributed by atoms with Gasteiger partial charge in [-0.25, -0.2) is 4.98 Å². The molecule has 126 valence electrons. The van der Waals surface area contributed by atoms with E-state index in [1.165, 1.54) is 0 Å². The number of carbonyl (C=O) groups is 1. The lowest BCUT2D eigenvalue weighted by atomic mass is 10.1. The fraction of sp³-hybridized carbons (Fsp3) is 0.353. The summed E-state index contributed by atoms with van der Waals surface area (Å²) in [6.45, 7) is 3.92. The minimum atomic E-state index is -0.447. The summed E-state index contributed by atoms with van der Waals surface area (Å²) in [4.78, 5) is 20.3. The number of hydrogen-bond acceptors (Lipinski definition) is 6. The number of fused-ring (bicyclic) bond motifs is 1. The van der Waals surface area contributed by atoms with E-state index in [4.69, 9.17) is 9.47 Å². The van der Waals surface area contributed by atoms with Gasteiger partial charge >= 0.3 is 0 Å². The summed E-state index contributed by atoms with van der Waals surface area (Å²) in [5, 5.41) is 6.09. The molecule has 2 N–H and O–H groups in total. The molecule has 0 saturated carbocycles. The Labute approximate surface area is 140 Å². The highest BCUT2D eigenvalue weighted by atomic mass is 16.5. The SMILES string of the molecule is CC[C@H]1Oc2cc([C@H](C)Nc3nccc(OC)n3)ccc2NC1=O. The second kappa shape index (κ2) is 6.74. The fourth-order valence-electron chi connectivity index (χ4n) is 2.50. The lowest BCUT2D eigenvalue weighted by molar-refractivity contribution is -0.123. The van der Waals surface area contributed by atoms with Crippen LogP contribution in [0.3, 0.4) is 0 Å². The molecular weight excluding hydrogens is 308 g/mol. The van der Waals surface area contributed by atoms with Gasteiger partial charge in [-0.2, -0.15) is 4.98 Å². The van der Waals surface area contributed by atoms with E-state index in [-0.39, 0.29) is 11.9 Å². The predicted molar refractivity (Wildman–Crippen MR) is 90.4 cm³/mol. The zero-order chi connectivity index (χ0) is 17.1. The number of rotatable bonds is 5. The number of nitrogens with one attached hydrogen (secondary N) is 2. The van der Waals surface area contributed by atoms with Crippen LogP contribution < -0.4 is 20.1 Å². The molecule has 1 aliphatic heterocycles. The standard InChI is InChI=1S/C17H20N4O3/c1-4-13-16(22)20-12-6-5-11(9-14(12)24-13)10(2)19-17-18-8-7-15(21-17)23-3/h5-10,13H,4H2,1-3H3,(H,20,22)(H,18,19,21)/t10-,13+/m0/s1. The van der Waals surface area contributed by atoms with Crippen LogP contribution in [-0.2, 0) is 4.79 Å². The van der Waals surface area contributed by atoms with Crippen LogP contribution in [0.15, 0.2) is 30.5 Å². The summed E-state index contributed by atoms with van der Waals surface area (Å²) < 4.78 is 10.9. The lowest BCUT2D eigenvalue weighted by Gasteiger charge is -2.26. The van der Waals surface area contributed by atoms with Gasteiger partial charge < -0.3 is 20.1 Å². The number of methoxy groups -OCH3 is 1. The average Bonchev–Trinajstić information content (AvgIpc) is 2.60. The van der Waals surface area contributed by atoms with Crippen molar-refractivity contribution in [2.75, 3.05) is 17.7 Å². The topological polar surface area (TPSA) is 85.4 Å². The second-order valence-corrected chi connectivity index (χ2v) is 5.55. The molecule has 2 heterocycles. The van der Waals surface area contributed by atoms with Crippen LogP contribution in [0.1, 0.15) is 31.9 Å². The summed E-state index contributed by atoms with van der Waals surface area (Å²) in [5.41, 5.74) is 1.70. The third kappa shape index (κ3) is 3.24. The van der Waals surface area contributed by atoms with E-state index in [9.17, 15) is 4.79 Å². The molecule has 2 aromatic rings. The normalized spacial score (nSPS) is 17.3. The molecule has 0 bridgehead atoms. The minimum Gasteiger partial charge on any atom is -0.481 e. The van der Waals surface area contributed by atoms with Gasteiger partial charge in [-0.1, -0.05) is 13.0 Å². The first-order valence-corrected chi connectivity index (χ1v) is 7.85. The lowest BCUT2D eigenvalue weighted by Crippen LogP contribution is -2.36. The molecule has 1 aromatic heterocycles. The minimum absolute atomic E-state index is 0.0382. The molecule has 0 saturated heterocycles. The monoisotopic (exact) mass is 328 g/mol. The van der Waals surface area contributed by atoms with Crippen molar-refractivity contribution in [3.8, 4) is 11.6 Å². The number of hydrogen-bond donors (Lipinski definition) is 2. The molecule has 24 heavy (non-hydrogen) atoms. The van der Waals surface area contributed by atoms with Gasteiger partial charge in [0.2, 0.25) is 11.8 Å². The van der Waals surface area contributed by atoms with E-state index in [0.717, 1.165) is 5.56 Å². The number of aromatic nitrogens is 2. The predicted octanol–water partition coefficient (Wildman–Crippen LogP) is 2.77. The Bertz CT molecular complexity index is 750. The van der Waals surface area contributed by atoms with Crippen molar-refractivity contribution < 1.29 is 14.3 Å². The molecule has 1 aromatic carbocycles. The molecule has 1 aliphatic rings. The third-order valence-corrected chi connectivity index (χ3v) is 3.88. The van der Waals surface area contributed by atoms with E-state index in [2.05, 4.69) is 20.6 Å². The first-order chi connectivity index (χ1) is 11.6. The van der Waals surface area contributed by atoms with Crippen LogP contribution in [-0.4, -0.2) is 29.1 Å². The van der Waals surface area contributed by atoms with Crippen molar-refractivity contribution in [2.24, 2.45) is 0 Å². The van der Waals surface area contributed by atoms with Gasteiger partial charge in [0.1, 0.15) is 5.75 Å². The van der Waals surface area contributed by atoms with Crippen molar-refractivity contribution in [3.63, 3.8) is 0 Å². The van der Waals surface area contributed by atoms with Gasteiger partial charge in [-0.05, 0) is 31.0 Å². The van der Waals surface area contributed by atoms with Crippen molar-refractivity contribution in [3.05, 3.63) is 36.0 Å². The zero-order valence-electron chi connectivity index (χ0n) is 13.9. The number of anilines is 2. The molecular formula is C17H20N4O3. The molecule has 2 atom stereocenters. The maximum Gasteiger partial charge on any atom is 0.265 e. The molecule has 0 radical (unpaired) electrons. The Morgan fingerprint density at radius 2 is 2.25 bits per heavy atom. The highest BCUT2D eigenvalue weighted by Crippen LogP contribution is 2.33. The van der Waals surface area contributed by atoms with Crippen LogP contribution in [0.4, 0.5) is 11.6 Å². The van der Waals surface area contributed by atoms with Crippen LogP contribution in [0.25, 0.3) is 0 Å². The van der Waals surface area contributed by atoms with E-state index in [1.807, 2.05) is 32.0 Å². The van der Waals surface area contributed by atoms with Crippen LogP contribution in [0.5, 0.6) is 11.6 Å². The van der Waals surface area contributed by atoms with E-state index >= 15 is 0 Å². The number of carbonyl (C=O) groups excluding carboxylic acids is 1. The number of amides is 1. The van der Waals surface area contributed by atoms with Gasteiger partial charge in [0.25, 0.3) is 5.91 Å². The Morgan fingerprint density at radius 1 is 1.42 bits per heavy atom. The van der Waals surface area contributed by atoms with E-state index in [1.54, 1.807) is 19.4 Å². The summed E-state index contributed by atoms with van der Waals surface area (Å²) in [5.74, 6) is 1.56. The largest absolute Gasteiger partial charge is 0.481 e. The van der Waals surface area contributed by atoms with Gasteiger partial charge in [0.15, 0.2) is 6.10 Å². The molecule has 0 unspecified atom stereocenters. The molecule has 0 fully saturated rings. The summed E-state index contributed by atoms with van der Waals surface area (Å²) >= 11 is 0. The van der Waals surface area contributed by atoms with Gasteiger partial charge in [-0.15, -0.1) is 0 Å². The van der Waals surface area contributed by atoms with E-state index < -0.39 is 6.10 Å². The fourth-order valence-corrected chi connectivity index (χ4v) is 2.50. The highest BCUT2D eigenvalue weighted by molar-refractivity contribution is 5.97. The Morgan fingerprint density at radius 3 is 3.00 bits per heavy atom. The first-order valence-electron chi connectivity index (χ1n) is 7.85. The molecule has 1 amide bonds.